The van der Waals surface area contributed by atoms with E-state index in [9.17, 15) is 23.6 Å². The first-order valence-corrected chi connectivity index (χ1v) is 20.4. The Labute approximate surface area is 333 Å². The predicted molar refractivity (Wildman–Crippen MR) is 213 cm³/mol. The number of nitriles is 1. The summed E-state index contributed by atoms with van der Waals surface area (Å²) in [5.74, 6) is -0.611. The Morgan fingerprint density at radius 3 is 2.23 bits per heavy atom. The average Bonchev–Trinajstić information content (AvgIpc) is 4.10. The molecule has 7 heterocycles. The number of ether oxygens (including phenoxy) is 1. The molecular formula is C40H46ClF3N8O3S. The van der Waals surface area contributed by atoms with Crippen LogP contribution in [0.1, 0.15) is 70.8 Å². The number of benzene rings is 2. The van der Waals surface area contributed by atoms with E-state index in [0.717, 1.165) is 50.2 Å². The van der Waals surface area contributed by atoms with Crippen LogP contribution in [0.3, 0.4) is 0 Å². The topological polar surface area (TPSA) is 132 Å². The number of methoxy groups -OCH3 is 1. The molecule has 4 unspecified atom stereocenters. The molecule has 2 N–H and O–H groups in total. The van der Waals surface area contributed by atoms with Gasteiger partial charge in [0.25, 0.3) is 0 Å². The quantitative estimate of drug-likeness (QED) is 0.212. The van der Waals surface area contributed by atoms with Crippen molar-refractivity contribution in [3.63, 3.8) is 0 Å². The number of hydrogen-bond donors (Lipinski definition) is 1. The van der Waals surface area contributed by atoms with Crippen LogP contribution >= 0.6 is 22.9 Å². The Hall–Kier alpha value is -4.39. The van der Waals surface area contributed by atoms with Crippen LogP contribution in [0.15, 0.2) is 18.2 Å². The van der Waals surface area contributed by atoms with E-state index in [1.807, 2.05) is 15.9 Å². The summed E-state index contributed by atoms with van der Waals surface area (Å²) in [5.41, 5.74) is 6.24. The third-order valence-electron chi connectivity index (χ3n) is 11.1. The molecule has 16 heteroatoms. The Kier molecular flexibility index (Phi) is 11.8. The van der Waals surface area contributed by atoms with E-state index >= 15 is 4.39 Å². The number of thiophene rings is 1. The van der Waals surface area contributed by atoms with Gasteiger partial charge in [0.15, 0.2) is 5.82 Å². The maximum atomic E-state index is 16.4. The summed E-state index contributed by atoms with van der Waals surface area (Å²) in [6.07, 6.45) is 9.07. The van der Waals surface area contributed by atoms with Gasteiger partial charge in [0.2, 0.25) is 11.8 Å². The van der Waals surface area contributed by atoms with Gasteiger partial charge < -0.3 is 25.2 Å². The zero-order chi connectivity index (χ0) is 39.8. The molecular weight excluding hydrogens is 765 g/mol. The van der Waals surface area contributed by atoms with Gasteiger partial charge in [0.1, 0.15) is 34.4 Å². The summed E-state index contributed by atoms with van der Waals surface area (Å²) in [7, 11) is 1.40. The molecule has 0 spiro atoms. The standard InChI is InChI=1S/C26H21ClF2N6O2S.C7H12FN.C4H7NO.C3H6/c1-11(36)35-12-3-4-13(35)10-34(9-12)25-15-7-17(27)20(21(29)22(15)32-26(33-25)37-2)14-5-6-18(28)23-19(14)16(8-30)24(31)38-23;8-6-4-7-2-1-3-9(7)5-6;1-4(6)5-2-3-5;1-2-3-1/h5-7,12-13H,3-4,9-10,31H2,1-2H3;6-7H,1-5H2;2-3H2,1H3;1-3H2. The number of carbonyl (C=O) groups excluding carboxylic acids is 2. The summed E-state index contributed by atoms with van der Waals surface area (Å²) < 4.78 is 49.1. The molecule has 4 aromatic rings. The minimum absolute atomic E-state index is 0.0215. The molecule has 298 valence electrons. The van der Waals surface area contributed by atoms with Gasteiger partial charge in [-0.2, -0.15) is 15.2 Å². The lowest BCUT2D eigenvalue weighted by Crippen LogP contribution is -2.55. The lowest BCUT2D eigenvalue weighted by molar-refractivity contribution is -0.132. The molecule has 0 radical (unpaired) electrons. The van der Waals surface area contributed by atoms with E-state index in [4.69, 9.17) is 22.1 Å². The minimum atomic E-state index is -0.749. The molecule has 2 aromatic heterocycles. The highest BCUT2D eigenvalue weighted by Gasteiger charge is 2.42. The van der Waals surface area contributed by atoms with Crippen molar-refractivity contribution >= 4 is 66.6 Å². The number of amides is 2. The molecule has 11 nitrogen and oxygen atoms in total. The van der Waals surface area contributed by atoms with Crippen LogP contribution in [0.25, 0.3) is 32.1 Å². The number of fused-ring (bicyclic) bond motifs is 5. The molecule has 2 aromatic carbocycles. The van der Waals surface area contributed by atoms with Gasteiger partial charge in [0, 0.05) is 81.0 Å². The molecule has 2 bridgehead atoms. The fraction of sp³-hybridized carbons (Fsp3) is 0.525. The number of rotatable bonds is 3. The molecule has 56 heavy (non-hydrogen) atoms. The number of carbonyl (C=O) groups is 2. The number of piperazine rings is 1. The van der Waals surface area contributed by atoms with Crippen molar-refractivity contribution in [1.29, 1.82) is 5.26 Å². The predicted octanol–water partition coefficient (Wildman–Crippen LogP) is 7.32. The van der Waals surface area contributed by atoms with E-state index in [-0.39, 0.29) is 72.2 Å². The number of nitrogen functional groups attached to an aromatic ring is 1. The highest BCUT2D eigenvalue weighted by Crippen LogP contribution is 2.46. The molecule has 2 amide bonds. The molecule has 1 saturated carbocycles. The lowest BCUT2D eigenvalue weighted by atomic mass is 9.97. The Morgan fingerprint density at radius 1 is 0.982 bits per heavy atom. The maximum Gasteiger partial charge on any atom is 0.318 e. The summed E-state index contributed by atoms with van der Waals surface area (Å²) in [5, 5.41) is 10.5. The third-order valence-corrected chi connectivity index (χ3v) is 12.4. The fourth-order valence-corrected chi connectivity index (χ4v) is 9.47. The Bertz CT molecular complexity index is 2170. The van der Waals surface area contributed by atoms with Crippen LogP contribution in [0, 0.1) is 23.0 Å². The maximum absolute atomic E-state index is 16.4. The highest BCUT2D eigenvalue weighted by molar-refractivity contribution is 7.23. The van der Waals surface area contributed by atoms with Crippen LogP contribution in [0.5, 0.6) is 6.01 Å². The van der Waals surface area contributed by atoms with Crippen molar-refractivity contribution in [1.82, 2.24) is 24.7 Å². The van der Waals surface area contributed by atoms with E-state index in [1.54, 1.807) is 24.8 Å². The number of alkyl halides is 1. The number of nitrogens with zero attached hydrogens (tertiary/aromatic N) is 7. The molecule has 5 aliphatic heterocycles. The Morgan fingerprint density at radius 2 is 1.68 bits per heavy atom. The van der Waals surface area contributed by atoms with Gasteiger partial charge in [-0.1, -0.05) is 36.9 Å². The average molecular weight is 811 g/mol. The Balaban J connectivity index is 0.000000215. The monoisotopic (exact) mass is 810 g/mol. The largest absolute Gasteiger partial charge is 0.467 e. The normalized spacial score (nSPS) is 23.0. The molecule has 10 rings (SSSR count). The molecule has 1 aliphatic carbocycles. The summed E-state index contributed by atoms with van der Waals surface area (Å²) >= 11 is 7.63. The second-order valence-electron chi connectivity index (χ2n) is 15.1. The number of nitrogens with two attached hydrogens (primary N) is 1. The summed E-state index contributed by atoms with van der Waals surface area (Å²) in [4.78, 5) is 39.2. The minimum Gasteiger partial charge on any atom is -0.467 e. The van der Waals surface area contributed by atoms with Gasteiger partial charge >= 0.3 is 6.01 Å². The van der Waals surface area contributed by atoms with Crippen molar-refractivity contribution in [2.75, 3.05) is 57.0 Å². The molecule has 6 fully saturated rings. The first kappa shape index (κ1) is 39.8. The zero-order valence-corrected chi connectivity index (χ0v) is 33.4. The van der Waals surface area contributed by atoms with Crippen molar-refractivity contribution in [2.24, 2.45) is 0 Å². The third kappa shape index (κ3) is 8.19. The van der Waals surface area contributed by atoms with Crippen LogP contribution in [0.2, 0.25) is 5.02 Å². The zero-order valence-electron chi connectivity index (χ0n) is 31.8. The van der Waals surface area contributed by atoms with Gasteiger partial charge in [-0.05, 0) is 56.3 Å². The van der Waals surface area contributed by atoms with Crippen LogP contribution in [-0.4, -0.2) is 107 Å². The van der Waals surface area contributed by atoms with E-state index in [0.29, 0.717) is 36.9 Å². The van der Waals surface area contributed by atoms with Crippen molar-refractivity contribution in [2.45, 2.75) is 89.5 Å². The summed E-state index contributed by atoms with van der Waals surface area (Å²) in [6, 6.07) is 6.82. The number of anilines is 2. The first-order valence-electron chi connectivity index (χ1n) is 19.2. The number of hydrogen-bond acceptors (Lipinski definition) is 10. The van der Waals surface area contributed by atoms with Gasteiger partial charge in [0.05, 0.1) is 22.4 Å². The highest BCUT2D eigenvalue weighted by atomic mass is 35.5. The van der Waals surface area contributed by atoms with Crippen LogP contribution < -0.4 is 15.4 Å². The van der Waals surface area contributed by atoms with E-state index in [2.05, 4.69) is 14.9 Å². The smallest absolute Gasteiger partial charge is 0.318 e. The fourth-order valence-electron chi connectivity index (χ4n) is 8.23. The summed E-state index contributed by atoms with van der Waals surface area (Å²) in [6.45, 7) is 8.05. The molecule has 6 aliphatic rings. The van der Waals surface area contributed by atoms with Crippen LogP contribution in [0.4, 0.5) is 24.0 Å². The van der Waals surface area contributed by atoms with Crippen molar-refractivity contribution in [3.05, 3.63) is 40.4 Å². The van der Waals surface area contributed by atoms with E-state index < -0.39 is 17.8 Å². The van der Waals surface area contributed by atoms with Crippen LogP contribution in [-0.2, 0) is 9.59 Å². The van der Waals surface area contributed by atoms with Gasteiger partial charge in [-0.25, -0.2) is 13.2 Å². The molecule has 4 atom stereocenters. The first-order chi connectivity index (χ1) is 26.9. The number of aromatic nitrogens is 2. The number of halogens is 4. The SMILES string of the molecule is C1CC1.CC(=O)N1CC1.COc1nc(N2CC3CCC(C2)N3C(C)=O)c2cc(Cl)c(-c3ccc(F)c4sc(N)c(C#N)c34)c(F)c2n1.FC1CC2CCCN2C1. The van der Waals surface area contributed by atoms with Gasteiger partial charge in [-0.15, -0.1) is 11.3 Å². The van der Waals surface area contributed by atoms with E-state index in [1.165, 1.54) is 51.3 Å². The second-order valence-corrected chi connectivity index (χ2v) is 16.6. The lowest BCUT2D eigenvalue weighted by Gasteiger charge is -2.41. The second kappa shape index (κ2) is 16.6. The van der Waals surface area contributed by atoms with Crippen molar-refractivity contribution < 1.29 is 27.5 Å². The molecule has 5 saturated heterocycles. The van der Waals surface area contributed by atoms with Gasteiger partial charge in [-0.3, -0.25) is 14.5 Å². The van der Waals surface area contributed by atoms with Crippen molar-refractivity contribution in [3.8, 4) is 23.2 Å².